The summed E-state index contributed by atoms with van der Waals surface area (Å²) in [5.74, 6) is 2.58. The lowest BCUT2D eigenvalue weighted by atomic mass is 9.91. The van der Waals surface area contributed by atoms with E-state index in [4.69, 9.17) is 0 Å². The summed E-state index contributed by atoms with van der Waals surface area (Å²) in [7, 11) is 0. The highest BCUT2D eigenvalue weighted by molar-refractivity contribution is 5.35. The number of benzene rings is 1. The zero-order chi connectivity index (χ0) is 9.97. The molecular weight excluding hydrogens is 168 g/mol. The predicted molar refractivity (Wildman–Crippen MR) is 61.2 cm³/mol. The van der Waals surface area contributed by atoms with Gasteiger partial charge in [-0.05, 0) is 43.9 Å². The highest BCUT2D eigenvalue weighted by Gasteiger charge is 2.36. The number of hydrogen-bond acceptors (Lipinski definition) is 0. The second-order valence-electron chi connectivity index (χ2n) is 4.20. The number of rotatable bonds is 4. The van der Waals surface area contributed by atoms with Gasteiger partial charge in [0.15, 0.2) is 0 Å². The van der Waals surface area contributed by atoms with Crippen molar-refractivity contribution in [3.05, 3.63) is 41.3 Å². The van der Waals surface area contributed by atoms with Gasteiger partial charge < -0.3 is 0 Å². The minimum Gasteiger partial charge on any atom is -0.0612 e. The van der Waals surface area contributed by atoms with E-state index >= 15 is 0 Å². The Labute approximate surface area is 87.3 Å². The smallest absolute Gasteiger partial charge is 0.0612 e. The van der Waals surface area contributed by atoms with Crippen molar-refractivity contribution in [3.63, 3.8) is 0 Å². The monoisotopic (exact) mass is 187 g/mol. The van der Waals surface area contributed by atoms with Crippen LogP contribution in [0.5, 0.6) is 0 Å². The Hall–Kier alpha value is -0.910. The molecule has 1 fully saturated rings. The van der Waals surface area contributed by atoms with Crippen molar-refractivity contribution in [1.29, 1.82) is 0 Å². The normalized spacial score (nSPS) is 15.6. The number of aryl methyl sites for hydroxylation is 1. The summed E-state index contributed by atoms with van der Waals surface area (Å²) in [6.45, 7) is 4.49. The van der Waals surface area contributed by atoms with Crippen molar-refractivity contribution >= 4 is 0 Å². The van der Waals surface area contributed by atoms with Crippen molar-refractivity contribution in [2.75, 3.05) is 0 Å². The van der Waals surface area contributed by atoms with E-state index in [1.54, 1.807) is 5.92 Å². The van der Waals surface area contributed by atoms with Crippen LogP contribution in [-0.4, -0.2) is 0 Å². The van der Waals surface area contributed by atoms with Crippen molar-refractivity contribution < 1.29 is 0 Å². The first-order chi connectivity index (χ1) is 6.85. The predicted octanol–water partition coefficient (Wildman–Crippen LogP) is 3.99. The van der Waals surface area contributed by atoms with Crippen LogP contribution in [0.4, 0.5) is 0 Å². The lowest BCUT2D eigenvalue weighted by Gasteiger charge is -2.06. The van der Waals surface area contributed by atoms with Crippen LogP contribution in [0.15, 0.2) is 24.3 Å². The van der Waals surface area contributed by atoms with Crippen LogP contribution in [0, 0.1) is 11.8 Å². The van der Waals surface area contributed by atoms with Gasteiger partial charge in [0.2, 0.25) is 0 Å². The van der Waals surface area contributed by atoms with Crippen molar-refractivity contribution in [2.24, 2.45) is 5.92 Å². The minimum atomic E-state index is 0.910. The molecule has 1 aromatic carbocycles. The molecule has 2 rings (SSSR count). The van der Waals surface area contributed by atoms with Gasteiger partial charge in [0.05, 0.1) is 0 Å². The van der Waals surface area contributed by atoms with Crippen molar-refractivity contribution in [2.45, 2.75) is 39.5 Å². The second kappa shape index (κ2) is 4.08. The van der Waals surface area contributed by atoms with Gasteiger partial charge in [-0.3, -0.25) is 0 Å². The fourth-order valence-electron chi connectivity index (χ4n) is 2.11. The molecule has 1 aromatic rings. The van der Waals surface area contributed by atoms with Crippen LogP contribution in [0.3, 0.4) is 0 Å². The van der Waals surface area contributed by atoms with Crippen molar-refractivity contribution in [3.8, 4) is 0 Å². The largest absolute Gasteiger partial charge is 0.132 e. The highest BCUT2D eigenvalue weighted by atomic mass is 14.3. The molecular formula is C14H19+. The molecule has 0 nitrogen and oxygen atoms in total. The van der Waals surface area contributed by atoms with E-state index in [1.807, 2.05) is 0 Å². The van der Waals surface area contributed by atoms with Gasteiger partial charge in [-0.1, -0.05) is 6.92 Å². The maximum absolute atomic E-state index is 2.30. The second-order valence-corrected chi connectivity index (χ2v) is 4.20. The summed E-state index contributed by atoms with van der Waals surface area (Å²) in [5.41, 5.74) is 2.92. The zero-order valence-electron chi connectivity index (χ0n) is 9.22. The van der Waals surface area contributed by atoms with Crippen LogP contribution in [0.1, 0.15) is 44.2 Å². The van der Waals surface area contributed by atoms with Gasteiger partial charge >= 0.3 is 0 Å². The zero-order valence-corrected chi connectivity index (χ0v) is 9.22. The summed E-state index contributed by atoms with van der Waals surface area (Å²) < 4.78 is 0. The maximum atomic E-state index is 2.30. The molecule has 0 N–H and O–H groups in total. The lowest BCUT2D eigenvalue weighted by Crippen LogP contribution is -2.00. The van der Waals surface area contributed by atoms with Crippen molar-refractivity contribution in [1.82, 2.24) is 0 Å². The van der Waals surface area contributed by atoms with E-state index in [1.165, 1.54) is 30.4 Å². The van der Waals surface area contributed by atoms with E-state index in [0.29, 0.717) is 0 Å². The average molecular weight is 187 g/mol. The number of hydrogen-bond donors (Lipinski definition) is 0. The lowest BCUT2D eigenvalue weighted by molar-refractivity contribution is 0.788. The Balaban J connectivity index is 2.13. The molecule has 0 saturated heterocycles. The molecule has 0 heteroatoms. The topological polar surface area (TPSA) is 0 Å². The third kappa shape index (κ3) is 1.95. The standard InChI is InChI=1S/C14H19/c1-3-11-5-7-12(8-6-11)14(4-2)13-9-10-13/h5-8,13H,3-4,9-10H2,1-2H3/q+1. The Morgan fingerprint density at radius 2 is 1.79 bits per heavy atom. The van der Waals surface area contributed by atoms with E-state index in [0.717, 1.165) is 12.3 Å². The summed E-state index contributed by atoms with van der Waals surface area (Å²) >= 11 is 0. The quantitative estimate of drug-likeness (QED) is 0.625. The van der Waals surface area contributed by atoms with Crippen LogP contribution < -0.4 is 0 Å². The van der Waals surface area contributed by atoms with E-state index in [-0.39, 0.29) is 0 Å². The molecule has 0 aliphatic heterocycles. The molecule has 0 heterocycles. The first-order valence-electron chi connectivity index (χ1n) is 5.80. The molecule has 0 unspecified atom stereocenters. The summed E-state index contributed by atoms with van der Waals surface area (Å²) in [6.07, 6.45) is 5.19. The van der Waals surface area contributed by atoms with Crippen LogP contribution in [-0.2, 0) is 6.42 Å². The Morgan fingerprint density at radius 1 is 1.14 bits per heavy atom. The Kier molecular flexibility index (Phi) is 2.81. The van der Waals surface area contributed by atoms with Gasteiger partial charge in [0.25, 0.3) is 0 Å². The fourth-order valence-corrected chi connectivity index (χ4v) is 2.11. The third-order valence-corrected chi connectivity index (χ3v) is 3.18. The maximum Gasteiger partial charge on any atom is 0.132 e. The van der Waals surface area contributed by atoms with Crippen LogP contribution >= 0.6 is 0 Å². The third-order valence-electron chi connectivity index (χ3n) is 3.18. The van der Waals surface area contributed by atoms with Gasteiger partial charge in [0, 0.05) is 30.4 Å². The molecule has 0 amide bonds. The molecule has 14 heavy (non-hydrogen) atoms. The molecule has 0 aromatic heterocycles. The minimum absolute atomic E-state index is 0.910. The van der Waals surface area contributed by atoms with E-state index in [9.17, 15) is 0 Å². The van der Waals surface area contributed by atoms with Crippen LogP contribution in [0.25, 0.3) is 0 Å². The van der Waals surface area contributed by atoms with Gasteiger partial charge in [0.1, 0.15) is 5.56 Å². The Bertz CT molecular complexity index is 279. The SMILES string of the molecule is CCc1ccc([C+](CC)C2CC2)cc1. The van der Waals surface area contributed by atoms with Crippen LogP contribution in [0.2, 0.25) is 0 Å². The molecule has 1 aliphatic carbocycles. The summed E-state index contributed by atoms with van der Waals surface area (Å²) in [4.78, 5) is 0. The summed E-state index contributed by atoms with van der Waals surface area (Å²) in [5, 5.41) is 0. The molecule has 0 atom stereocenters. The van der Waals surface area contributed by atoms with Gasteiger partial charge in [-0.25, -0.2) is 0 Å². The molecule has 1 aliphatic rings. The summed E-state index contributed by atoms with van der Waals surface area (Å²) in [6, 6.07) is 9.15. The van der Waals surface area contributed by atoms with Gasteiger partial charge in [-0.2, -0.15) is 0 Å². The first-order valence-corrected chi connectivity index (χ1v) is 5.80. The van der Waals surface area contributed by atoms with E-state index in [2.05, 4.69) is 38.1 Å². The molecule has 0 bridgehead atoms. The highest BCUT2D eigenvalue weighted by Crippen LogP contribution is 2.43. The van der Waals surface area contributed by atoms with Gasteiger partial charge in [-0.15, -0.1) is 0 Å². The average Bonchev–Trinajstić information content (AvgIpc) is 3.04. The molecule has 1 saturated carbocycles. The fraction of sp³-hybridized carbons (Fsp3) is 0.500. The first kappa shape index (κ1) is 9.64. The van der Waals surface area contributed by atoms with E-state index < -0.39 is 0 Å². The Morgan fingerprint density at radius 3 is 2.21 bits per heavy atom. The molecule has 0 spiro atoms. The molecule has 74 valence electrons. The molecule has 0 radical (unpaired) electrons.